The second-order valence-electron chi connectivity index (χ2n) is 4.20. The summed E-state index contributed by atoms with van der Waals surface area (Å²) in [6.07, 6.45) is 6.17. The summed E-state index contributed by atoms with van der Waals surface area (Å²) in [6.45, 7) is 6.30. The van der Waals surface area contributed by atoms with Crippen molar-refractivity contribution >= 4 is 8.32 Å². The summed E-state index contributed by atoms with van der Waals surface area (Å²) in [5.74, 6) is 0. The van der Waals surface area contributed by atoms with Crippen molar-refractivity contribution in [2.45, 2.75) is 52.1 Å². The highest BCUT2D eigenvalue weighted by atomic mass is 28.4. The third-order valence-electron chi connectivity index (χ3n) is 2.75. The summed E-state index contributed by atoms with van der Waals surface area (Å²) in [7, 11) is -1.96. The Labute approximate surface area is 76.6 Å². The van der Waals surface area contributed by atoms with E-state index in [-0.39, 0.29) is 0 Å². The largest absolute Gasteiger partial charge is 0.428 e. The molecule has 0 heterocycles. The summed E-state index contributed by atoms with van der Waals surface area (Å²) >= 11 is 0. The molecule has 2 heteroatoms. The zero-order chi connectivity index (χ0) is 9.19. The lowest BCUT2D eigenvalue weighted by molar-refractivity contribution is 0.547. The molecule has 12 heavy (non-hydrogen) atoms. The Morgan fingerprint density at radius 2 is 1.83 bits per heavy atom. The Hall–Kier alpha value is -0.0831. The molecule has 1 nitrogen and oxygen atoms in total. The van der Waals surface area contributed by atoms with Crippen LogP contribution >= 0.6 is 0 Å². The molecule has 70 valence electrons. The van der Waals surface area contributed by atoms with E-state index < -0.39 is 8.32 Å². The summed E-state index contributed by atoms with van der Waals surface area (Å²) < 4.78 is 0. The van der Waals surface area contributed by atoms with E-state index in [1.54, 1.807) is 5.57 Å². The van der Waals surface area contributed by atoms with Gasteiger partial charge in [0, 0.05) is 0 Å². The van der Waals surface area contributed by atoms with Gasteiger partial charge in [0.05, 0.1) is 0 Å². The summed E-state index contributed by atoms with van der Waals surface area (Å²) in [4.78, 5) is 10.0. The quantitative estimate of drug-likeness (QED) is 0.654. The lowest BCUT2D eigenvalue weighted by Gasteiger charge is -2.27. The molecular formula is C10H20OSi. The van der Waals surface area contributed by atoms with E-state index in [0.717, 1.165) is 6.42 Å². The first-order valence-corrected chi connectivity index (χ1v) is 7.94. The maximum atomic E-state index is 10.0. The van der Waals surface area contributed by atoms with E-state index in [2.05, 4.69) is 6.92 Å². The van der Waals surface area contributed by atoms with Gasteiger partial charge >= 0.3 is 0 Å². The molecule has 0 aromatic carbocycles. The molecule has 1 rings (SSSR count). The van der Waals surface area contributed by atoms with Crippen molar-refractivity contribution in [1.29, 1.82) is 0 Å². The van der Waals surface area contributed by atoms with Gasteiger partial charge in [0.15, 0.2) is 0 Å². The first-order valence-electron chi connectivity index (χ1n) is 4.99. The molecule has 0 saturated heterocycles. The molecule has 1 aliphatic rings. The van der Waals surface area contributed by atoms with Gasteiger partial charge in [0.2, 0.25) is 8.32 Å². The second kappa shape index (κ2) is 3.75. The highest BCUT2D eigenvalue weighted by molar-refractivity contribution is 6.77. The normalized spacial score (nSPS) is 20.0. The van der Waals surface area contributed by atoms with Crippen LogP contribution in [0.2, 0.25) is 13.1 Å². The Morgan fingerprint density at radius 3 is 2.25 bits per heavy atom. The van der Waals surface area contributed by atoms with Gasteiger partial charge in [-0.15, -0.1) is 0 Å². The van der Waals surface area contributed by atoms with Crippen molar-refractivity contribution in [1.82, 2.24) is 0 Å². The predicted molar refractivity (Wildman–Crippen MR) is 55.5 cm³/mol. The third kappa shape index (κ3) is 2.20. The van der Waals surface area contributed by atoms with Gasteiger partial charge in [-0.3, -0.25) is 0 Å². The molecule has 0 aromatic rings. The molecule has 0 bridgehead atoms. The van der Waals surface area contributed by atoms with Crippen LogP contribution in [0.15, 0.2) is 10.8 Å². The molecule has 0 aliphatic heterocycles. The Balaban J connectivity index is 2.87. The minimum absolute atomic E-state index is 1.15. The SMILES string of the molecule is CCC1=C([Si](C)(C)O)CCCC1. The van der Waals surface area contributed by atoms with Crippen LogP contribution < -0.4 is 0 Å². The van der Waals surface area contributed by atoms with E-state index in [0.29, 0.717) is 0 Å². The highest BCUT2D eigenvalue weighted by Gasteiger charge is 2.27. The first kappa shape index (κ1) is 10.0. The number of hydrogen-bond donors (Lipinski definition) is 1. The van der Waals surface area contributed by atoms with Gasteiger partial charge in [-0.1, -0.05) is 17.7 Å². The lowest BCUT2D eigenvalue weighted by Crippen LogP contribution is -2.31. The minimum Gasteiger partial charge on any atom is -0.428 e. The van der Waals surface area contributed by atoms with E-state index >= 15 is 0 Å². The van der Waals surface area contributed by atoms with Crippen molar-refractivity contribution in [3.63, 3.8) is 0 Å². The van der Waals surface area contributed by atoms with Gasteiger partial charge in [0.25, 0.3) is 0 Å². The molecule has 0 unspecified atom stereocenters. The van der Waals surface area contributed by atoms with Crippen molar-refractivity contribution in [3.05, 3.63) is 10.8 Å². The standard InChI is InChI=1S/C10H20OSi/c1-4-9-7-5-6-8-10(9)12(2,3)11/h11H,4-8H2,1-3H3. The monoisotopic (exact) mass is 184 g/mol. The maximum absolute atomic E-state index is 10.0. The van der Waals surface area contributed by atoms with E-state index in [4.69, 9.17) is 0 Å². The Bertz CT molecular complexity index is 189. The smallest absolute Gasteiger partial charge is 0.209 e. The third-order valence-corrected chi connectivity index (χ3v) is 4.83. The number of allylic oxidation sites excluding steroid dienone is 2. The zero-order valence-electron chi connectivity index (χ0n) is 8.48. The molecule has 0 amide bonds. The molecule has 0 aromatic heterocycles. The van der Waals surface area contributed by atoms with Gasteiger partial charge < -0.3 is 4.80 Å². The van der Waals surface area contributed by atoms with Crippen LogP contribution in [0.25, 0.3) is 0 Å². The van der Waals surface area contributed by atoms with Gasteiger partial charge in [-0.2, -0.15) is 0 Å². The van der Waals surface area contributed by atoms with Crippen LogP contribution in [0.3, 0.4) is 0 Å². The van der Waals surface area contributed by atoms with Crippen LogP contribution in [0.5, 0.6) is 0 Å². The van der Waals surface area contributed by atoms with Gasteiger partial charge in [-0.05, 0) is 45.2 Å². The number of hydrogen-bond acceptors (Lipinski definition) is 1. The first-order chi connectivity index (χ1) is 5.55. The van der Waals surface area contributed by atoms with Gasteiger partial charge in [-0.25, -0.2) is 0 Å². The van der Waals surface area contributed by atoms with E-state index in [1.807, 2.05) is 13.1 Å². The average molecular weight is 184 g/mol. The summed E-state index contributed by atoms with van der Waals surface area (Å²) in [5, 5.41) is 1.44. The zero-order valence-corrected chi connectivity index (χ0v) is 9.48. The van der Waals surface area contributed by atoms with Crippen LogP contribution in [0, 0.1) is 0 Å². The maximum Gasteiger partial charge on any atom is 0.209 e. The fraction of sp³-hybridized carbons (Fsp3) is 0.800. The highest BCUT2D eigenvalue weighted by Crippen LogP contribution is 2.31. The fourth-order valence-electron chi connectivity index (χ4n) is 2.10. The van der Waals surface area contributed by atoms with Gasteiger partial charge in [0.1, 0.15) is 0 Å². The molecule has 0 radical (unpaired) electrons. The fourth-order valence-corrected chi connectivity index (χ4v) is 4.05. The second-order valence-corrected chi connectivity index (χ2v) is 7.92. The minimum atomic E-state index is -1.96. The van der Waals surface area contributed by atoms with Crippen LogP contribution in [0.1, 0.15) is 39.0 Å². The topological polar surface area (TPSA) is 20.2 Å². The lowest BCUT2D eigenvalue weighted by atomic mass is 9.97. The predicted octanol–water partition coefficient (Wildman–Crippen LogP) is 3.00. The summed E-state index contributed by atoms with van der Waals surface area (Å²) in [5.41, 5.74) is 1.56. The average Bonchev–Trinajstić information content (AvgIpc) is 2.03. The van der Waals surface area contributed by atoms with E-state index in [1.165, 1.54) is 30.9 Å². The summed E-state index contributed by atoms with van der Waals surface area (Å²) in [6, 6.07) is 0. The van der Waals surface area contributed by atoms with Crippen LogP contribution in [-0.2, 0) is 0 Å². The van der Waals surface area contributed by atoms with Crippen LogP contribution in [0.4, 0.5) is 0 Å². The molecule has 0 spiro atoms. The molecule has 0 fully saturated rings. The van der Waals surface area contributed by atoms with E-state index in [9.17, 15) is 4.80 Å². The van der Waals surface area contributed by atoms with Crippen molar-refractivity contribution in [3.8, 4) is 0 Å². The van der Waals surface area contributed by atoms with Crippen molar-refractivity contribution in [2.75, 3.05) is 0 Å². The molecule has 1 N–H and O–H groups in total. The number of rotatable bonds is 2. The van der Waals surface area contributed by atoms with Crippen molar-refractivity contribution in [2.24, 2.45) is 0 Å². The van der Waals surface area contributed by atoms with Crippen LogP contribution in [-0.4, -0.2) is 13.1 Å². The van der Waals surface area contributed by atoms with Crippen molar-refractivity contribution < 1.29 is 4.80 Å². The Morgan fingerprint density at radius 1 is 1.25 bits per heavy atom. The molecule has 1 aliphatic carbocycles. The Kier molecular flexibility index (Phi) is 3.13. The molecule has 0 saturated carbocycles. The molecule has 0 atom stereocenters. The molecular weight excluding hydrogens is 164 g/mol.